The number of halogens is 1. The van der Waals surface area contributed by atoms with Gasteiger partial charge >= 0.3 is 0 Å². The smallest absolute Gasteiger partial charge is 0.0914 e. The average molecular weight is 366 g/mol. The zero-order valence-corrected chi connectivity index (χ0v) is 15.7. The van der Waals surface area contributed by atoms with Crippen LogP contribution < -0.4 is 5.32 Å². The Balaban J connectivity index is 1.52. The van der Waals surface area contributed by atoms with Gasteiger partial charge in [0, 0.05) is 17.6 Å². The molecule has 2 nitrogen and oxygen atoms in total. The van der Waals surface area contributed by atoms with Gasteiger partial charge in [0.25, 0.3) is 0 Å². The Morgan fingerprint density at radius 2 is 1.58 bits per heavy atom. The molecule has 0 aromatic heterocycles. The van der Waals surface area contributed by atoms with Crippen LogP contribution in [0.25, 0.3) is 11.1 Å². The molecule has 0 aliphatic rings. The van der Waals surface area contributed by atoms with Gasteiger partial charge < -0.3 is 10.4 Å². The first kappa shape index (κ1) is 18.7. The van der Waals surface area contributed by atoms with Crippen molar-refractivity contribution in [2.45, 2.75) is 25.5 Å². The molecule has 134 valence electrons. The highest BCUT2D eigenvalue weighted by atomic mass is 35.5. The van der Waals surface area contributed by atoms with Gasteiger partial charge in [0.1, 0.15) is 0 Å². The molecule has 2 atom stereocenters. The van der Waals surface area contributed by atoms with Crippen molar-refractivity contribution >= 4 is 11.6 Å². The van der Waals surface area contributed by atoms with Crippen molar-refractivity contribution in [1.82, 2.24) is 5.32 Å². The number of aliphatic hydroxyl groups is 1. The summed E-state index contributed by atoms with van der Waals surface area (Å²) >= 11 is 5.98. The van der Waals surface area contributed by atoms with Crippen molar-refractivity contribution in [2.24, 2.45) is 0 Å². The fourth-order valence-corrected chi connectivity index (χ4v) is 3.23. The standard InChI is InChI=1S/C23H24ClNO/c1-17(25-16-23(26)21-8-5-9-22(24)15-21)14-18-10-12-20(13-11-18)19-6-3-2-4-7-19/h2-13,15,17,23,25-26H,14,16H2,1H3/t17?,23-/m0/s1. The van der Waals surface area contributed by atoms with Gasteiger partial charge in [-0.05, 0) is 47.7 Å². The summed E-state index contributed by atoms with van der Waals surface area (Å²) in [6, 6.07) is 26.7. The topological polar surface area (TPSA) is 32.3 Å². The number of benzene rings is 3. The van der Waals surface area contributed by atoms with Crippen LogP contribution in [0.3, 0.4) is 0 Å². The lowest BCUT2D eigenvalue weighted by molar-refractivity contribution is 0.170. The van der Waals surface area contributed by atoms with Crippen molar-refractivity contribution in [2.75, 3.05) is 6.54 Å². The molecule has 1 unspecified atom stereocenters. The molecule has 2 N–H and O–H groups in total. The summed E-state index contributed by atoms with van der Waals surface area (Å²) in [4.78, 5) is 0. The highest BCUT2D eigenvalue weighted by Gasteiger charge is 2.10. The average Bonchev–Trinajstić information content (AvgIpc) is 2.67. The molecule has 0 saturated carbocycles. The minimum Gasteiger partial charge on any atom is -0.387 e. The van der Waals surface area contributed by atoms with Crippen LogP contribution >= 0.6 is 11.6 Å². The summed E-state index contributed by atoms with van der Waals surface area (Å²) in [5.74, 6) is 0. The molecule has 0 aliphatic carbocycles. The van der Waals surface area contributed by atoms with Gasteiger partial charge in [0.2, 0.25) is 0 Å². The number of rotatable bonds is 7. The Morgan fingerprint density at radius 3 is 2.27 bits per heavy atom. The number of hydrogen-bond donors (Lipinski definition) is 2. The first-order chi connectivity index (χ1) is 12.6. The second kappa shape index (κ2) is 9.00. The van der Waals surface area contributed by atoms with Gasteiger partial charge in [-0.25, -0.2) is 0 Å². The molecule has 3 heteroatoms. The Hall–Kier alpha value is -2.13. The Morgan fingerprint density at radius 1 is 0.885 bits per heavy atom. The van der Waals surface area contributed by atoms with E-state index in [2.05, 4.69) is 60.8 Å². The third-order valence-electron chi connectivity index (χ3n) is 4.50. The minimum absolute atomic E-state index is 0.270. The van der Waals surface area contributed by atoms with Crippen LogP contribution in [-0.4, -0.2) is 17.7 Å². The van der Waals surface area contributed by atoms with Crippen molar-refractivity contribution in [3.05, 3.63) is 95.0 Å². The summed E-state index contributed by atoms with van der Waals surface area (Å²) in [5.41, 5.74) is 4.58. The van der Waals surface area contributed by atoms with Gasteiger partial charge in [-0.2, -0.15) is 0 Å². The summed E-state index contributed by atoms with van der Waals surface area (Å²) in [7, 11) is 0. The van der Waals surface area contributed by atoms with E-state index in [1.165, 1.54) is 16.7 Å². The SMILES string of the molecule is CC(Cc1ccc(-c2ccccc2)cc1)NC[C@H](O)c1cccc(Cl)c1. The van der Waals surface area contributed by atoms with Gasteiger partial charge in [-0.1, -0.05) is 78.3 Å². The van der Waals surface area contributed by atoms with Crippen LogP contribution in [-0.2, 0) is 6.42 Å². The van der Waals surface area contributed by atoms with Gasteiger partial charge in [0.05, 0.1) is 6.10 Å². The quantitative estimate of drug-likeness (QED) is 0.598. The van der Waals surface area contributed by atoms with E-state index < -0.39 is 6.10 Å². The second-order valence-corrected chi connectivity index (χ2v) is 7.08. The molecule has 0 heterocycles. The third kappa shape index (κ3) is 5.18. The Labute approximate surface area is 160 Å². The highest BCUT2D eigenvalue weighted by molar-refractivity contribution is 6.30. The third-order valence-corrected chi connectivity index (χ3v) is 4.73. The molecule has 0 saturated heterocycles. The molecule has 3 rings (SSSR count). The van der Waals surface area contributed by atoms with Crippen LogP contribution in [0.15, 0.2) is 78.9 Å². The molecule has 3 aromatic rings. The van der Waals surface area contributed by atoms with Crippen LogP contribution in [0.1, 0.15) is 24.2 Å². The first-order valence-corrected chi connectivity index (χ1v) is 9.31. The minimum atomic E-state index is -0.559. The molecule has 0 spiro atoms. The van der Waals surface area contributed by atoms with E-state index in [1.807, 2.05) is 24.3 Å². The van der Waals surface area contributed by atoms with E-state index in [4.69, 9.17) is 11.6 Å². The summed E-state index contributed by atoms with van der Waals surface area (Å²) < 4.78 is 0. The monoisotopic (exact) mass is 365 g/mol. The lowest BCUT2D eigenvalue weighted by Gasteiger charge is -2.18. The van der Waals surface area contributed by atoms with Gasteiger partial charge in [-0.15, -0.1) is 0 Å². The normalized spacial score (nSPS) is 13.3. The van der Waals surface area contributed by atoms with Crippen molar-refractivity contribution in [3.63, 3.8) is 0 Å². The zero-order chi connectivity index (χ0) is 18.4. The van der Waals surface area contributed by atoms with Crippen molar-refractivity contribution < 1.29 is 5.11 Å². The van der Waals surface area contributed by atoms with Crippen LogP contribution in [0.2, 0.25) is 5.02 Å². The number of hydrogen-bond acceptors (Lipinski definition) is 2. The molecule has 0 radical (unpaired) electrons. The van der Waals surface area contributed by atoms with E-state index in [-0.39, 0.29) is 6.04 Å². The van der Waals surface area contributed by atoms with E-state index in [0.717, 1.165) is 12.0 Å². The van der Waals surface area contributed by atoms with Gasteiger partial charge in [-0.3, -0.25) is 0 Å². The summed E-state index contributed by atoms with van der Waals surface area (Å²) in [6.07, 6.45) is 0.355. The van der Waals surface area contributed by atoms with E-state index in [0.29, 0.717) is 11.6 Å². The number of nitrogens with one attached hydrogen (secondary N) is 1. The Kier molecular flexibility index (Phi) is 6.45. The molecule has 0 amide bonds. The lowest BCUT2D eigenvalue weighted by atomic mass is 10.0. The predicted molar refractivity (Wildman–Crippen MR) is 109 cm³/mol. The predicted octanol–water partition coefficient (Wildman–Crippen LogP) is 5.26. The fourth-order valence-electron chi connectivity index (χ4n) is 3.03. The van der Waals surface area contributed by atoms with E-state index >= 15 is 0 Å². The first-order valence-electron chi connectivity index (χ1n) is 8.93. The van der Waals surface area contributed by atoms with Crippen molar-refractivity contribution in [1.29, 1.82) is 0 Å². The molecule has 3 aromatic carbocycles. The van der Waals surface area contributed by atoms with Crippen LogP contribution in [0, 0.1) is 0 Å². The van der Waals surface area contributed by atoms with Crippen LogP contribution in [0.5, 0.6) is 0 Å². The zero-order valence-electron chi connectivity index (χ0n) is 14.9. The largest absolute Gasteiger partial charge is 0.387 e. The summed E-state index contributed by atoms with van der Waals surface area (Å²) in [5, 5.41) is 14.3. The lowest BCUT2D eigenvalue weighted by Crippen LogP contribution is -2.32. The van der Waals surface area contributed by atoms with Crippen LogP contribution in [0.4, 0.5) is 0 Å². The molecule has 0 bridgehead atoms. The summed E-state index contributed by atoms with van der Waals surface area (Å²) in [6.45, 7) is 2.64. The van der Waals surface area contributed by atoms with E-state index in [1.54, 1.807) is 6.07 Å². The molecular weight excluding hydrogens is 342 g/mol. The van der Waals surface area contributed by atoms with E-state index in [9.17, 15) is 5.11 Å². The maximum absolute atomic E-state index is 10.3. The number of aliphatic hydroxyl groups excluding tert-OH is 1. The van der Waals surface area contributed by atoms with Crippen molar-refractivity contribution in [3.8, 4) is 11.1 Å². The molecule has 0 fully saturated rings. The molecule has 0 aliphatic heterocycles. The Bertz CT molecular complexity index is 817. The maximum atomic E-state index is 10.3. The fraction of sp³-hybridized carbons (Fsp3) is 0.217. The maximum Gasteiger partial charge on any atom is 0.0914 e. The second-order valence-electron chi connectivity index (χ2n) is 6.65. The molecule has 26 heavy (non-hydrogen) atoms. The highest BCUT2D eigenvalue weighted by Crippen LogP contribution is 2.20. The van der Waals surface area contributed by atoms with Gasteiger partial charge in [0.15, 0.2) is 0 Å². The molecular formula is C23H24ClNO.